The molecule has 3 heteroatoms. The lowest BCUT2D eigenvalue weighted by atomic mass is 10.1. The molecule has 0 aromatic heterocycles. The van der Waals surface area contributed by atoms with E-state index in [2.05, 4.69) is 26.1 Å². The molecule has 2 unspecified atom stereocenters. The van der Waals surface area contributed by atoms with Crippen molar-refractivity contribution >= 4 is 5.91 Å². The first-order valence-electron chi connectivity index (χ1n) is 6.18. The molecular weight excluding hydrogens is 188 g/mol. The zero-order chi connectivity index (χ0) is 11.7. The number of carbonyl (C=O) groups is 1. The van der Waals surface area contributed by atoms with Gasteiger partial charge in [-0.25, -0.2) is 0 Å². The van der Waals surface area contributed by atoms with Crippen molar-refractivity contribution in [2.75, 3.05) is 0 Å². The minimum absolute atomic E-state index is 0.0223. The summed E-state index contributed by atoms with van der Waals surface area (Å²) in [4.78, 5) is 11.6. The number of nitrogens with one attached hydrogen (secondary N) is 1. The van der Waals surface area contributed by atoms with Gasteiger partial charge in [-0.15, -0.1) is 0 Å². The molecule has 0 aromatic carbocycles. The fourth-order valence-electron chi connectivity index (χ4n) is 1.72. The average molecular weight is 214 g/mol. The van der Waals surface area contributed by atoms with Crippen molar-refractivity contribution in [3.8, 4) is 0 Å². The number of hydrogen-bond donors (Lipinski definition) is 2. The van der Waals surface area contributed by atoms with Gasteiger partial charge in [-0.2, -0.15) is 0 Å². The second kappa shape index (κ2) is 8.72. The summed E-state index contributed by atoms with van der Waals surface area (Å²) in [5.41, 5.74) is 5.82. The van der Waals surface area contributed by atoms with Crippen LogP contribution in [-0.4, -0.2) is 18.0 Å². The fraction of sp³-hybridized carbons (Fsp3) is 0.917. The predicted octanol–water partition coefficient (Wildman–Crippen LogP) is 2.20. The van der Waals surface area contributed by atoms with E-state index in [1.54, 1.807) is 0 Å². The van der Waals surface area contributed by atoms with E-state index in [1.165, 1.54) is 0 Å². The van der Waals surface area contributed by atoms with Crippen LogP contribution in [0, 0.1) is 0 Å². The molecule has 1 amide bonds. The van der Waals surface area contributed by atoms with Crippen molar-refractivity contribution in [2.45, 2.75) is 71.4 Å². The van der Waals surface area contributed by atoms with E-state index in [9.17, 15) is 4.79 Å². The molecule has 0 fully saturated rings. The zero-order valence-electron chi connectivity index (χ0n) is 10.4. The number of nitrogens with two attached hydrogens (primary N) is 1. The van der Waals surface area contributed by atoms with Crippen molar-refractivity contribution in [1.29, 1.82) is 0 Å². The number of hydrogen-bond acceptors (Lipinski definition) is 2. The van der Waals surface area contributed by atoms with Crippen LogP contribution in [0.5, 0.6) is 0 Å². The first-order chi connectivity index (χ1) is 7.13. The van der Waals surface area contributed by atoms with Gasteiger partial charge in [-0.05, 0) is 19.3 Å². The molecule has 0 bridgehead atoms. The highest BCUT2D eigenvalue weighted by molar-refractivity contribution is 5.76. The number of rotatable bonds is 8. The smallest absolute Gasteiger partial charge is 0.221 e. The molecule has 0 spiro atoms. The van der Waals surface area contributed by atoms with Gasteiger partial charge in [0.05, 0.1) is 0 Å². The van der Waals surface area contributed by atoms with Crippen molar-refractivity contribution in [1.82, 2.24) is 5.32 Å². The Morgan fingerprint density at radius 3 is 2.27 bits per heavy atom. The van der Waals surface area contributed by atoms with Gasteiger partial charge in [0.25, 0.3) is 0 Å². The molecule has 0 rings (SSSR count). The molecule has 0 saturated heterocycles. The predicted molar refractivity (Wildman–Crippen MR) is 64.6 cm³/mol. The summed E-state index contributed by atoms with van der Waals surface area (Å²) in [7, 11) is 0. The zero-order valence-corrected chi connectivity index (χ0v) is 10.4. The van der Waals surface area contributed by atoms with E-state index < -0.39 is 0 Å². The lowest BCUT2D eigenvalue weighted by Crippen LogP contribution is -2.37. The van der Waals surface area contributed by atoms with Gasteiger partial charge < -0.3 is 11.1 Å². The normalized spacial score (nSPS) is 14.7. The van der Waals surface area contributed by atoms with Crippen molar-refractivity contribution in [3.63, 3.8) is 0 Å². The highest BCUT2D eigenvalue weighted by Gasteiger charge is 2.12. The maximum atomic E-state index is 11.6. The average Bonchev–Trinajstić information content (AvgIpc) is 2.17. The molecule has 0 aromatic rings. The first kappa shape index (κ1) is 14.4. The third kappa shape index (κ3) is 7.37. The summed E-state index contributed by atoms with van der Waals surface area (Å²) in [6.45, 7) is 6.33. The van der Waals surface area contributed by atoms with Crippen LogP contribution in [0.25, 0.3) is 0 Å². The Morgan fingerprint density at radius 1 is 1.20 bits per heavy atom. The third-order valence-corrected chi connectivity index (χ3v) is 2.60. The largest absolute Gasteiger partial charge is 0.353 e. The van der Waals surface area contributed by atoms with Crippen LogP contribution in [0.4, 0.5) is 0 Å². The van der Waals surface area contributed by atoms with Gasteiger partial charge in [0.15, 0.2) is 0 Å². The summed E-state index contributed by atoms with van der Waals surface area (Å²) < 4.78 is 0. The molecule has 15 heavy (non-hydrogen) atoms. The SMILES string of the molecule is CCCC(N)CC(=O)NC(CC)CCC. The Hall–Kier alpha value is -0.570. The van der Waals surface area contributed by atoms with Gasteiger partial charge in [-0.3, -0.25) is 4.79 Å². The Labute approximate surface area is 93.8 Å². The summed E-state index contributed by atoms with van der Waals surface area (Å²) in [6.07, 6.45) is 5.61. The third-order valence-electron chi connectivity index (χ3n) is 2.60. The van der Waals surface area contributed by atoms with Crippen molar-refractivity contribution in [3.05, 3.63) is 0 Å². The summed E-state index contributed by atoms with van der Waals surface area (Å²) in [5.74, 6) is 0.108. The lowest BCUT2D eigenvalue weighted by molar-refractivity contribution is -0.122. The topological polar surface area (TPSA) is 55.1 Å². The van der Waals surface area contributed by atoms with Crippen LogP contribution < -0.4 is 11.1 Å². The fourth-order valence-corrected chi connectivity index (χ4v) is 1.72. The molecule has 0 radical (unpaired) electrons. The molecule has 0 aliphatic heterocycles. The van der Waals surface area contributed by atoms with Crippen molar-refractivity contribution in [2.24, 2.45) is 5.73 Å². The van der Waals surface area contributed by atoms with Gasteiger partial charge >= 0.3 is 0 Å². The standard InChI is InChI=1S/C12H26N2O/c1-4-7-10(13)9-12(15)14-11(6-3)8-5-2/h10-11H,4-9,13H2,1-3H3,(H,14,15). The highest BCUT2D eigenvalue weighted by Crippen LogP contribution is 2.03. The van der Waals surface area contributed by atoms with E-state index >= 15 is 0 Å². The van der Waals surface area contributed by atoms with Gasteiger partial charge in [0, 0.05) is 18.5 Å². The van der Waals surface area contributed by atoms with Gasteiger partial charge in [0.1, 0.15) is 0 Å². The maximum absolute atomic E-state index is 11.6. The monoisotopic (exact) mass is 214 g/mol. The minimum atomic E-state index is 0.0223. The summed E-state index contributed by atoms with van der Waals surface area (Å²) >= 11 is 0. The molecule has 0 saturated carbocycles. The quantitative estimate of drug-likeness (QED) is 0.651. The number of amides is 1. The Bertz CT molecular complexity index is 171. The minimum Gasteiger partial charge on any atom is -0.353 e. The molecule has 3 N–H and O–H groups in total. The summed E-state index contributed by atoms with van der Waals surface area (Å²) in [6, 6.07) is 0.352. The molecule has 0 aliphatic rings. The van der Waals surface area contributed by atoms with Gasteiger partial charge in [-0.1, -0.05) is 33.6 Å². The van der Waals surface area contributed by atoms with E-state index in [0.29, 0.717) is 12.5 Å². The molecule has 90 valence electrons. The van der Waals surface area contributed by atoms with Crippen LogP contribution in [0.2, 0.25) is 0 Å². The van der Waals surface area contributed by atoms with Crippen LogP contribution in [0.15, 0.2) is 0 Å². The van der Waals surface area contributed by atoms with Gasteiger partial charge in [0.2, 0.25) is 5.91 Å². The van der Waals surface area contributed by atoms with E-state index in [4.69, 9.17) is 5.73 Å². The maximum Gasteiger partial charge on any atom is 0.221 e. The van der Waals surface area contributed by atoms with E-state index in [1.807, 2.05) is 0 Å². The Kier molecular flexibility index (Phi) is 8.38. The molecule has 0 heterocycles. The number of carbonyl (C=O) groups excluding carboxylic acids is 1. The molecular formula is C12H26N2O. The van der Waals surface area contributed by atoms with Crippen LogP contribution >= 0.6 is 0 Å². The van der Waals surface area contributed by atoms with Crippen molar-refractivity contribution < 1.29 is 4.79 Å². The Balaban J connectivity index is 3.79. The molecule has 3 nitrogen and oxygen atoms in total. The highest BCUT2D eigenvalue weighted by atomic mass is 16.1. The van der Waals surface area contributed by atoms with E-state index in [-0.39, 0.29) is 11.9 Å². The molecule has 2 atom stereocenters. The van der Waals surface area contributed by atoms with Crippen LogP contribution in [0.1, 0.15) is 59.3 Å². The van der Waals surface area contributed by atoms with Crippen LogP contribution in [-0.2, 0) is 4.79 Å². The van der Waals surface area contributed by atoms with E-state index in [0.717, 1.165) is 32.1 Å². The first-order valence-corrected chi connectivity index (χ1v) is 6.18. The second-order valence-corrected chi connectivity index (χ2v) is 4.21. The van der Waals surface area contributed by atoms with Crippen LogP contribution in [0.3, 0.4) is 0 Å². The summed E-state index contributed by atoms with van der Waals surface area (Å²) in [5, 5.41) is 3.04. The lowest BCUT2D eigenvalue weighted by Gasteiger charge is -2.17. The molecule has 0 aliphatic carbocycles. The Morgan fingerprint density at radius 2 is 1.80 bits per heavy atom. The second-order valence-electron chi connectivity index (χ2n) is 4.21.